The zero-order valence-electron chi connectivity index (χ0n) is 22.7. The van der Waals surface area contributed by atoms with E-state index in [-0.39, 0.29) is 36.9 Å². The van der Waals surface area contributed by atoms with Crippen LogP contribution >= 0.6 is 0 Å². The van der Waals surface area contributed by atoms with E-state index in [0.29, 0.717) is 0 Å². The third-order valence-corrected chi connectivity index (χ3v) is 10.7. The molecule has 212 valence electrons. The first kappa shape index (κ1) is 28.1. The molecule has 0 radical (unpaired) electrons. The molecule has 0 spiro atoms. The maximum absolute atomic E-state index is 12.8. The van der Waals surface area contributed by atoms with Gasteiger partial charge < -0.3 is 30.2 Å². The molecule has 0 aliphatic carbocycles. The molecular formula is C28H35N5O6Si. The first-order chi connectivity index (χ1) is 19.2. The predicted octanol–water partition coefficient (Wildman–Crippen LogP) is -0.112. The van der Waals surface area contributed by atoms with Crippen LogP contribution in [-0.4, -0.2) is 82.3 Å². The number of ether oxygens (including phenoxy) is 3. The Kier molecular flexibility index (Phi) is 7.91. The molecule has 1 fully saturated rings. The van der Waals surface area contributed by atoms with E-state index in [1.54, 1.807) is 4.57 Å². The molecule has 0 amide bonds. The van der Waals surface area contributed by atoms with E-state index >= 15 is 0 Å². The van der Waals surface area contributed by atoms with Crippen LogP contribution < -0.4 is 21.7 Å². The SMILES string of the molecule is CC(C)(C)OC[C@H]1O[C@](n2cnc3c(=O)[nH]c(N)nc32)([SiH](c2ccccc2)c2ccccc2)[C@H](OCCO)[C@@H]1O. The molecule has 3 heterocycles. The maximum atomic E-state index is 12.8. The number of anilines is 1. The highest BCUT2D eigenvalue weighted by molar-refractivity contribution is 6.86. The minimum atomic E-state index is -2.63. The molecule has 1 aliphatic rings. The summed E-state index contributed by atoms with van der Waals surface area (Å²) in [5.74, 6) is -0.0778. The van der Waals surface area contributed by atoms with E-state index < -0.39 is 43.6 Å². The summed E-state index contributed by atoms with van der Waals surface area (Å²) in [6, 6.07) is 19.8. The molecule has 1 aliphatic heterocycles. The minimum absolute atomic E-state index is 0.0484. The Morgan fingerprint density at radius 3 is 2.33 bits per heavy atom. The van der Waals surface area contributed by atoms with Crippen LogP contribution in [0.15, 0.2) is 71.8 Å². The third-order valence-electron chi connectivity index (χ3n) is 6.99. The van der Waals surface area contributed by atoms with Crippen molar-refractivity contribution in [2.45, 2.75) is 50.0 Å². The smallest absolute Gasteiger partial charge is 0.280 e. The van der Waals surface area contributed by atoms with Crippen molar-refractivity contribution >= 4 is 36.3 Å². The summed E-state index contributed by atoms with van der Waals surface area (Å²) in [4.78, 5) is 24.2. The minimum Gasteiger partial charge on any atom is -0.394 e. The number of benzene rings is 2. The van der Waals surface area contributed by atoms with Gasteiger partial charge in [-0.05, 0) is 20.8 Å². The molecule has 1 saturated heterocycles. The van der Waals surface area contributed by atoms with Crippen LogP contribution in [0.1, 0.15) is 20.8 Å². The Bertz CT molecular complexity index is 1450. The topological polar surface area (TPSA) is 158 Å². The fourth-order valence-electron chi connectivity index (χ4n) is 5.39. The van der Waals surface area contributed by atoms with Gasteiger partial charge in [-0.25, -0.2) is 4.98 Å². The lowest BCUT2D eigenvalue weighted by atomic mass is 10.1. The number of aromatic nitrogens is 4. The van der Waals surface area contributed by atoms with Crippen LogP contribution in [-0.2, 0) is 19.6 Å². The number of H-pyrrole nitrogens is 1. The highest BCUT2D eigenvalue weighted by Gasteiger charge is 2.62. The summed E-state index contributed by atoms with van der Waals surface area (Å²) in [6.45, 7) is 5.55. The first-order valence-corrected chi connectivity index (χ1v) is 14.9. The molecule has 2 aromatic heterocycles. The number of aliphatic hydroxyl groups excluding tert-OH is 2. The quantitative estimate of drug-likeness (QED) is 0.203. The number of hydrogen-bond donors (Lipinski definition) is 4. The number of hydrogen-bond acceptors (Lipinski definition) is 9. The number of fused-ring (bicyclic) bond motifs is 1. The average Bonchev–Trinajstić information content (AvgIpc) is 3.47. The van der Waals surface area contributed by atoms with E-state index in [9.17, 15) is 15.0 Å². The van der Waals surface area contributed by atoms with Crippen LogP contribution in [0, 0.1) is 0 Å². The largest absolute Gasteiger partial charge is 0.394 e. The summed E-state index contributed by atoms with van der Waals surface area (Å²) >= 11 is 0. The van der Waals surface area contributed by atoms with Crippen molar-refractivity contribution in [2.75, 3.05) is 25.6 Å². The molecule has 5 N–H and O–H groups in total. The van der Waals surface area contributed by atoms with Gasteiger partial charge in [0.2, 0.25) is 5.95 Å². The van der Waals surface area contributed by atoms with Crippen molar-refractivity contribution in [3.05, 3.63) is 77.3 Å². The zero-order chi connectivity index (χ0) is 28.5. The van der Waals surface area contributed by atoms with Crippen molar-refractivity contribution in [3.63, 3.8) is 0 Å². The number of nitrogen functional groups attached to an aromatic ring is 1. The number of rotatable bonds is 9. The standard InChI is InChI=1S/C28H35N5O6Si/c1-27(2,3)38-16-20-22(35)23(37-15-14-34)28(39-20,33-17-30-21-24(33)31-26(29)32-25(21)36)40(18-10-6-4-7-11-18)19-12-8-5-9-13-19/h4-13,17,20,22-23,34-35,40H,14-16H2,1-3H3,(H3,29,31,32,36)/t20-,22-,23-,28+/m1/s1. The summed E-state index contributed by atoms with van der Waals surface area (Å²) in [7, 11) is -2.63. The van der Waals surface area contributed by atoms with E-state index in [0.717, 1.165) is 10.4 Å². The van der Waals surface area contributed by atoms with E-state index in [2.05, 4.69) is 15.0 Å². The third kappa shape index (κ3) is 5.21. The Morgan fingerprint density at radius 2 is 1.75 bits per heavy atom. The average molecular weight is 566 g/mol. The molecule has 4 atom stereocenters. The molecule has 0 saturated carbocycles. The molecule has 11 nitrogen and oxygen atoms in total. The van der Waals surface area contributed by atoms with E-state index in [4.69, 9.17) is 19.9 Å². The fourth-order valence-corrected chi connectivity index (χ4v) is 9.34. The Balaban J connectivity index is 1.82. The lowest BCUT2D eigenvalue weighted by molar-refractivity contribution is -0.125. The van der Waals surface area contributed by atoms with Gasteiger partial charge in [-0.2, -0.15) is 4.98 Å². The molecule has 4 aromatic rings. The molecule has 12 heteroatoms. The van der Waals surface area contributed by atoms with Gasteiger partial charge in [-0.1, -0.05) is 71.0 Å². The lowest BCUT2D eigenvalue weighted by Crippen LogP contribution is -2.67. The number of imidazole rings is 1. The van der Waals surface area contributed by atoms with Gasteiger partial charge in [-0.3, -0.25) is 14.3 Å². The van der Waals surface area contributed by atoms with Crippen molar-refractivity contribution in [1.82, 2.24) is 19.5 Å². The van der Waals surface area contributed by atoms with Gasteiger partial charge in [0.05, 0.1) is 31.7 Å². The van der Waals surface area contributed by atoms with Crippen LogP contribution in [0.25, 0.3) is 11.2 Å². The maximum Gasteiger partial charge on any atom is 0.280 e. The van der Waals surface area contributed by atoms with Crippen LogP contribution in [0.5, 0.6) is 0 Å². The zero-order valence-corrected chi connectivity index (χ0v) is 23.9. The predicted molar refractivity (Wildman–Crippen MR) is 153 cm³/mol. The number of nitrogens with one attached hydrogen (secondary N) is 1. The van der Waals surface area contributed by atoms with Gasteiger partial charge in [0.25, 0.3) is 5.56 Å². The number of aromatic amines is 1. The van der Waals surface area contributed by atoms with Crippen LogP contribution in [0.4, 0.5) is 5.95 Å². The second-order valence-electron chi connectivity index (χ2n) is 10.8. The van der Waals surface area contributed by atoms with Crippen molar-refractivity contribution in [3.8, 4) is 0 Å². The van der Waals surface area contributed by atoms with Crippen molar-refractivity contribution in [1.29, 1.82) is 0 Å². The van der Waals surface area contributed by atoms with E-state index in [1.165, 1.54) is 6.33 Å². The Hall–Kier alpha value is -3.39. The molecule has 0 bridgehead atoms. The Morgan fingerprint density at radius 1 is 1.12 bits per heavy atom. The normalized spacial score (nSPS) is 23.3. The molecule has 0 unspecified atom stereocenters. The second-order valence-corrected chi connectivity index (χ2v) is 13.9. The van der Waals surface area contributed by atoms with Gasteiger partial charge in [-0.15, -0.1) is 0 Å². The van der Waals surface area contributed by atoms with Crippen molar-refractivity contribution < 1.29 is 24.4 Å². The molecule has 5 rings (SSSR count). The van der Waals surface area contributed by atoms with Gasteiger partial charge in [0.15, 0.2) is 25.3 Å². The highest BCUT2D eigenvalue weighted by atomic mass is 28.3. The number of aliphatic hydroxyl groups is 2. The molecule has 40 heavy (non-hydrogen) atoms. The van der Waals surface area contributed by atoms with Gasteiger partial charge in [0, 0.05) is 0 Å². The summed E-state index contributed by atoms with van der Waals surface area (Å²) in [5.41, 5.74) is 5.29. The summed E-state index contributed by atoms with van der Waals surface area (Å²) < 4.78 is 21.0. The molecule has 2 aromatic carbocycles. The molecular weight excluding hydrogens is 530 g/mol. The monoisotopic (exact) mass is 565 g/mol. The summed E-state index contributed by atoms with van der Waals surface area (Å²) in [5, 5.41) is 22.1. The fraction of sp³-hybridized carbons (Fsp3) is 0.393. The van der Waals surface area contributed by atoms with Crippen LogP contribution in [0.2, 0.25) is 0 Å². The highest BCUT2D eigenvalue weighted by Crippen LogP contribution is 2.41. The second kappa shape index (κ2) is 11.2. The van der Waals surface area contributed by atoms with Gasteiger partial charge in [0.1, 0.15) is 18.3 Å². The van der Waals surface area contributed by atoms with Crippen LogP contribution in [0.3, 0.4) is 0 Å². The van der Waals surface area contributed by atoms with Gasteiger partial charge >= 0.3 is 0 Å². The van der Waals surface area contributed by atoms with Crippen molar-refractivity contribution in [2.24, 2.45) is 0 Å². The number of nitrogens with zero attached hydrogens (tertiary/aromatic N) is 3. The van der Waals surface area contributed by atoms with E-state index in [1.807, 2.05) is 81.4 Å². The summed E-state index contributed by atoms with van der Waals surface area (Å²) in [6.07, 6.45) is -1.44. The Labute approximate surface area is 233 Å². The number of nitrogens with two attached hydrogens (primary N) is 1. The first-order valence-electron chi connectivity index (χ1n) is 13.2. The lowest BCUT2D eigenvalue weighted by Gasteiger charge is -2.42.